The van der Waals surface area contributed by atoms with Gasteiger partial charge in [-0.05, 0) is 41.8 Å². The normalized spacial score (nSPS) is 16.3. The zero-order chi connectivity index (χ0) is 26.9. The predicted octanol–water partition coefficient (Wildman–Crippen LogP) is 3.54. The first-order valence-electron chi connectivity index (χ1n) is 12.9. The molecule has 9 nitrogen and oxygen atoms in total. The lowest BCUT2D eigenvalue weighted by molar-refractivity contribution is -0.159. The molecule has 0 spiro atoms. The molecule has 5 rings (SSSR count). The van der Waals surface area contributed by atoms with Gasteiger partial charge in [0.15, 0.2) is 0 Å². The van der Waals surface area contributed by atoms with Crippen molar-refractivity contribution in [3.8, 4) is 0 Å². The van der Waals surface area contributed by atoms with Crippen LogP contribution < -0.4 is 9.80 Å². The summed E-state index contributed by atoms with van der Waals surface area (Å²) in [7, 11) is 0. The summed E-state index contributed by atoms with van der Waals surface area (Å²) in [6.07, 6.45) is 4.31. The number of rotatable bonds is 5. The fourth-order valence-electron chi connectivity index (χ4n) is 4.60. The van der Waals surface area contributed by atoms with Gasteiger partial charge < -0.3 is 29.6 Å². The Kier molecular flexibility index (Phi) is 9.29. The highest BCUT2D eigenvalue weighted by atomic mass is 16.5. The molecule has 0 radical (unpaired) electrons. The molecule has 0 atom stereocenters. The maximum absolute atomic E-state index is 9.10. The van der Waals surface area contributed by atoms with Crippen molar-refractivity contribution < 1.29 is 24.5 Å². The number of pyridine rings is 1. The number of carboxylic acids is 2. The summed E-state index contributed by atoms with van der Waals surface area (Å²) >= 11 is 0. The number of nitrogens with zero attached hydrogens (tertiary/aromatic N) is 4. The molecule has 0 unspecified atom stereocenters. The van der Waals surface area contributed by atoms with Gasteiger partial charge in [0.2, 0.25) is 0 Å². The van der Waals surface area contributed by atoms with Gasteiger partial charge in [0.05, 0.1) is 18.9 Å². The van der Waals surface area contributed by atoms with E-state index in [0.29, 0.717) is 0 Å². The van der Waals surface area contributed by atoms with Gasteiger partial charge in [-0.3, -0.25) is 0 Å². The molecule has 3 heterocycles. The lowest BCUT2D eigenvalue weighted by Crippen LogP contribution is -2.46. The number of anilines is 2. The number of hydrogen-bond donors (Lipinski definition) is 2. The molecule has 0 amide bonds. The molecule has 0 saturated carbocycles. The number of hydrogen-bond acceptors (Lipinski definition) is 7. The lowest BCUT2D eigenvalue weighted by atomic mass is 10.1. The van der Waals surface area contributed by atoms with Crippen LogP contribution in [0, 0.1) is 0 Å². The third kappa shape index (κ3) is 7.08. The van der Waals surface area contributed by atoms with Gasteiger partial charge in [0, 0.05) is 50.3 Å². The van der Waals surface area contributed by atoms with E-state index in [1.807, 2.05) is 0 Å². The molecular formula is C29H34N4O5. The Morgan fingerprint density at radius 3 is 2.16 bits per heavy atom. The van der Waals surface area contributed by atoms with Gasteiger partial charge in [-0.15, -0.1) is 0 Å². The van der Waals surface area contributed by atoms with Crippen molar-refractivity contribution in [2.45, 2.75) is 6.92 Å². The standard InChI is InChI=1S/C27H32N4O.C2H2O4/c1-2-29-13-15-31(16-14-29)27-26-6-4-3-5-23(26)21-24(28-27)10-7-22-8-11-25(12-9-22)30-17-19-32-20-18-30;3-1(4)2(5)6/h3-12,21H,2,13-20H2,1H3;(H,3,4)(H,5,6). The molecule has 38 heavy (non-hydrogen) atoms. The molecular weight excluding hydrogens is 484 g/mol. The van der Waals surface area contributed by atoms with Crippen LogP contribution in [0.4, 0.5) is 11.5 Å². The molecule has 2 aliphatic rings. The van der Waals surface area contributed by atoms with Crippen LogP contribution in [0.5, 0.6) is 0 Å². The second kappa shape index (κ2) is 13.0. The Hall–Kier alpha value is -3.95. The van der Waals surface area contributed by atoms with Gasteiger partial charge in [-0.25, -0.2) is 14.6 Å². The molecule has 0 bridgehead atoms. The van der Waals surface area contributed by atoms with E-state index < -0.39 is 11.9 Å². The average molecular weight is 519 g/mol. The van der Waals surface area contributed by atoms with Crippen molar-refractivity contribution in [3.63, 3.8) is 0 Å². The van der Waals surface area contributed by atoms with Crippen molar-refractivity contribution in [2.75, 3.05) is 68.8 Å². The number of fused-ring (bicyclic) bond motifs is 1. The number of carbonyl (C=O) groups is 2. The Labute approximate surface area is 222 Å². The van der Waals surface area contributed by atoms with Crippen molar-refractivity contribution in [2.24, 2.45) is 0 Å². The summed E-state index contributed by atoms with van der Waals surface area (Å²) in [5.74, 6) is -2.54. The number of morpholine rings is 1. The number of ether oxygens (including phenoxy) is 1. The molecule has 2 N–H and O–H groups in total. The van der Waals surface area contributed by atoms with Crippen LogP contribution in [0.25, 0.3) is 22.9 Å². The van der Waals surface area contributed by atoms with Gasteiger partial charge in [0.25, 0.3) is 0 Å². The highest BCUT2D eigenvalue weighted by molar-refractivity contribution is 6.27. The van der Waals surface area contributed by atoms with Crippen LogP contribution in [0.15, 0.2) is 54.6 Å². The van der Waals surface area contributed by atoms with E-state index in [4.69, 9.17) is 29.5 Å². The highest BCUT2D eigenvalue weighted by Gasteiger charge is 2.19. The van der Waals surface area contributed by atoms with E-state index >= 15 is 0 Å². The smallest absolute Gasteiger partial charge is 0.414 e. The van der Waals surface area contributed by atoms with E-state index in [1.165, 1.54) is 22.0 Å². The first-order chi connectivity index (χ1) is 18.4. The minimum absolute atomic E-state index is 0.811. The van der Waals surface area contributed by atoms with Crippen molar-refractivity contribution in [1.29, 1.82) is 0 Å². The molecule has 1 aromatic heterocycles. The second-order valence-electron chi connectivity index (χ2n) is 9.15. The fraction of sp³-hybridized carbons (Fsp3) is 0.345. The summed E-state index contributed by atoms with van der Waals surface area (Å²) in [6.45, 7) is 11.2. The zero-order valence-electron chi connectivity index (χ0n) is 21.6. The van der Waals surface area contributed by atoms with Crippen LogP contribution >= 0.6 is 0 Å². The number of carboxylic acid groups (broad SMARTS) is 2. The number of piperazine rings is 1. The average Bonchev–Trinajstić information content (AvgIpc) is 2.96. The summed E-state index contributed by atoms with van der Waals surface area (Å²) < 4.78 is 5.46. The van der Waals surface area contributed by atoms with Crippen molar-refractivity contribution in [1.82, 2.24) is 9.88 Å². The Morgan fingerprint density at radius 2 is 1.53 bits per heavy atom. The largest absolute Gasteiger partial charge is 0.473 e. The van der Waals surface area contributed by atoms with E-state index in [9.17, 15) is 0 Å². The lowest BCUT2D eigenvalue weighted by Gasteiger charge is -2.35. The third-order valence-electron chi connectivity index (χ3n) is 6.76. The molecule has 2 aromatic carbocycles. The topological polar surface area (TPSA) is 106 Å². The summed E-state index contributed by atoms with van der Waals surface area (Å²) in [5, 5.41) is 17.3. The minimum atomic E-state index is -1.82. The molecule has 3 aromatic rings. The predicted molar refractivity (Wildman–Crippen MR) is 150 cm³/mol. The molecule has 200 valence electrons. The number of aliphatic carboxylic acids is 2. The van der Waals surface area contributed by atoms with Gasteiger partial charge in [0.1, 0.15) is 5.82 Å². The molecule has 9 heteroatoms. The molecule has 0 aliphatic carbocycles. The second-order valence-corrected chi connectivity index (χ2v) is 9.15. The summed E-state index contributed by atoms with van der Waals surface area (Å²) in [5.41, 5.74) is 3.46. The highest BCUT2D eigenvalue weighted by Crippen LogP contribution is 2.27. The summed E-state index contributed by atoms with van der Waals surface area (Å²) in [6, 6.07) is 19.6. The maximum atomic E-state index is 9.10. The van der Waals surface area contributed by atoms with Crippen LogP contribution in [-0.4, -0.2) is 91.1 Å². The Balaban J connectivity index is 0.000000505. The fourth-order valence-corrected chi connectivity index (χ4v) is 4.60. The van der Waals surface area contributed by atoms with Crippen molar-refractivity contribution >= 4 is 46.4 Å². The molecule has 2 saturated heterocycles. The third-order valence-corrected chi connectivity index (χ3v) is 6.76. The monoisotopic (exact) mass is 518 g/mol. The molecule has 2 aliphatic heterocycles. The van der Waals surface area contributed by atoms with E-state index in [2.05, 4.69) is 88.4 Å². The summed E-state index contributed by atoms with van der Waals surface area (Å²) in [4.78, 5) is 30.6. The van der Waals surface area contributed by atoms with Gasteiger partial charge >= 0.3 is 11.9 Å². The quantitative estimate of drug-likeness (QED) is 0.491. The van der Waals surface area contributed by atoms with Crippen LogP contribution in [0.3, 0.4) is 0 Å². The molecule has 2 fully saturated rings. The number of aromatic nitrogens is 1. The number of benzene rings is 2. The van der Waals surface area contributed by atoms with Crippen molar-refractivity contribution in [3.05, 3.63) is 65.9 Å². The van der Waals surface area contributed by atoms with Crippen LogP contribution in [-0.2, 0) is 14.3 Å². The number of likely N-dealkylation sites (N-methyl/N-ethyl adjacent to an activating group) is 1. The first kappa shape index (κ1) is 27.1. The zero-order valence-corrected chi connectivity index (χ0v) is 21.6. The Bertz CT molecular complexity index is 1250. The van der Waals surface area contributed by atoms with Crippen LogP contribution in [0.2, 0.25) is 0 Å². The SMILES string of the molecule is CCN1CCN(c2nc(C=Cc3ccc(N4CCOCC4)cc3)cc3ccccc23)CC1.O=C(O)C(=O)O. The van der Waals surface area contributed by atoms with E-state index in [0.717, 1.165) is 70.5 Å². The minimum Gasteiger partial charge on any atom is -0.473 e. The Morgan fingerprint density at radius 1 is 0.868 bits per heavy atom. The van der Waals surface area contributed by atoms with Crippen LogP contribution in [0.1, 0.15) is 18.2 Å². The van der Waals surface area contributed by atoms with Gasteiger partial charge in [-0.1, -0.05) is 49.4 Å². The van der Waals surface area contributed by atoms with E-state index in [-0.39, 0.29) is 0 Å². The van der Waals surface area contributed by atoms with E-state index in [1.54, 1.807) is 0 Å². The maximum Gasteiger partial charge on any atom is 0.414 e. The van der Waals surface area contributed by atoms with Gasteiger partial charge in [-0.2, -0.15) is 0 Å². The first-order valence-corrected chi connectivity index (χ1v) is 12.9.